The fourth-order valence-corrected chi connectivity index (χ4v) is 3.51. The maximum Gasteiger partial charge on any atom is 0.233 e. The van der Waals surface area contributed by atoms with E-state index in [1.807, 2.05) is 0 Å². The Bertz CT molecular complexity index is 741. The molecule has 0 radical (unpaired) electrons. The molecule has 0 saturated carbocycles. The zero-order valence-electron chi connectivity index (χ0n) is 13.5. The van der Waals surface area contributed by atoms with Crippen molar-refractivity contribution in [3.05, 3.63) is 71.0 Å². The van der Waals surface area contributed by atoms with Crippen LogP contribution in [0.3, 0.4) is 0 Å². The number of aliphatic imine (C=N–C) groups is 1. The van der Waals surface area contributed by atoms with E-state index in [9.17, 15) is 9.18 Å². The molecule has 0 bridgehead atoms. The maximum absolute atomic E-state index is 13.0. The van der Waals surface area contributed by atoms with Crippen molar-refractivity contribution in [1.82, 2.24) is 4.90 Å². The number of halogens is 1. The quantitative estimate of drug-likeness (QED) is 0.846. The van der Waals surface area contributed by atoms with Crippen molar-refractivity contribution in [1.29, 1.82) is 0 Å². The third kappa shape index (κ3) is 4.23. The molecule has 2 aromatic rings. The van der Waals surface area contributed by atoms with Gasteiger partial charge in [0.2, 0.25) is 5.91 Å². The SMILES string of the molecule is Cc1ccc(CSC2=NCCN2C(=O)Cc2ccc(F)cc2)cc1. The number of rotatable bonds is 4. The molecule has 1 amide bonds. The van der Waals surface area contributed by atoms with Gasteiger partial charge in [0.05, 0.1) is 13.0 Å². The number of thioether (sulfide) groups is 1. The van der Waals surface area contributed by atoms with Gasteiger partial charge in [-0.15, -0.1) is 0 Å². The molecule has 3 nitrogen and oxygen atoms in total. The summed E-state index contributed by atoms with van der Waals surface area (Å²) in [6.45, 7) is 3.33. The highest BCUT2D eigenvalue weighted by atomic mass is 32.2. The molecule has 0 saturated heterocycles. The number of aryl methyl sites for hydroxylation is 1. The Morgan fingerprint density at radius 3 is 2.50 bits per heavy atom. The molecule has 5 heteroatoms. The largest absolute Gasteiger partial charge is 0.289 e. The Morgan fingerprint density at radius 2 is 1.79 bits per heavy atom. The number of hydrogen-bond donors (Lipinski definition) is 0. The van der Waals surface area contributed by atoms with E-state index >= 15 is 0 Å². The average Bonchev–Trinajstić information content (AvgIpc) is 3.05. The minimum absolute atomic E-state index is 0.00858. The average molecular weight is 342 g/mol. The van der Waals surface area contributed by atoms with Crippen LogP contribution >= 0.6 is 11.8 Å². The van der Waals surface area contributed by atoms with Crippen LogP contribution in [-0.4, -0.2) is 29.1 Å². The second kappa shape index (κ2) is 7.62. The van der Waals surface area contributed by atoms with E-state index in [2.05, 4.69) is 36.2 Å². The zero-order chi connectivity index (χ0) is 16.9. The van der Waals surface area contributed by atoms with E-state index in [1.54, 1.807) is 28.8 Å². The third-order valence-electron chi connectivity index (χ3n) is 3.86. The molecule has 0 N–H and O–H groups in total. The molecule has 0 fully saturated rings. The molecule has 2 aromatic carbocycles. The van der Waals surface area contributed by atoms with Crippen molar-refractivity contribution in [3.8, 4) is 0 Å². The Balaban J connectivity index is 1.59. The topological polar surface area (TPSA) is 32.7 Å². The summed E-state index contributed by atoms with van der Waals surface area (Å²) < 4.78 is 13.0. The molecule has 1 aliphatic rings. The van der Waals surface area contributed by atoms with Crippen LogP contribution in [-0.2, 0) is 17.0 Å². The molecular weight excluding hydrogens is 323 g/mol. The van der Waals surface area contributed by atoms with Crippen molar-refractivity contribution < 1.29 is 9.18 Å². The summed E-state index contributed by atoms with van der Waals surface area (Å²) in [4.78, 5) is 18.7. The molecule has 24 heavy (non-hydrogen) atoms. The molecular formula is C19H19FN2OS. The Hall–Kier alpha value is -2.14. The number of carbonyl (C=O) groups is 1. The van der Waals surface area contributed by atoms with Crippen molar-refractivity contribution in [2.45, 2.75) is 19.1 Å². The first-order valence-electron chi connectivity index (χ1n) is 7.89. The third-order valence-corrected chi connectivity index (χ3v) is 4.95. The van der Waals surface area contributed by atoms with Gasteiger partial charge in [0.1, 0.15) is 5.82 Å². The monoisotopic (exact) mass is 342 g/mol. The highest BCUT2D eigenvalue weighted by Crippen LogP contribution is 2.21. The molecule has 124 valence electrons. The van der Waals surface area contributed by atoms with Crippen LogP contribution in [0.4, 0.5) is 4.39 Å². The first-order valence-corrected chi connectivity index (χ1v) is 8.88. The van der Waals surface area contributed by atoms with Crippen LogP contribution in [0, 0.1) is 12.7 Å². The van der Waals surface area contributed by atoms with Crippen molar-refractivity contribution in [3.63, 3.8) is 0 Å². The van der Waals surface area contributed by atoms with Crippen LogP contribution in [0.15, 0.2) is 53.5 Å². The molecule has 0 aromatic heterocycles. The van der Waals surface area contributed by atoms with E-state index in [0.29, 0.717) is 13.1 Å². The lowest BCUT2D eigenvalue weighted by Gasteiger charge is -2.18. The van der Waals surface area contributed by atoms with Crippen LogP contribution in [0.25, 0.3) is 0 Å². The van der Waals surface area contributed by atoms with Gasteiger partial charge >= 0.3 is 0 Å². The smallest absolute Gasteiger partial charge is 0.233 e. The first kappa shape index (κ1) is 16.7. The first-order chi connectivity index (χ1) is 11.6. The predicted octanol–water partition coefficient (Wildman–Crippen LogP) is 3.81. The summed E-state index contributed by atoms with van der Waals surface area (Å²) in [7, 11) is 0. The highest BCUT2D eigenvalue weighted by Gasteiger charge is 2.24. The Morgan fingerprint density at radius 1 is 1.12 bits per heavy atom. The molecule has 1 aliphatic heterocycles. The van der Waals surface area contributed by atoms with Gasteiger partial charge in [0, 0.05) is 12.3 Å². The number of amides is 1. The second-order valence-electron chi connectivity index (χ2n) is 5.79. The number of hydrogen-bond acceptors (Lipinski definition) is 3. The summed E-state index contributed by atoms with van der Waals surface area (Å²) in [5.74, 6) is 0.511. The Labute approximate surface area is 145 Å². The van der Waals surface area contributed by atoms with Gasteiger partial charge in [-0.1, -0.05) is 53.7 Å². The van der Waals surface area contributed by atoms with E-state index in [-0.39, 0.29) is 18.1 Å². The van der Waals surface area contributed by atoms with Crippen LogP contribution in [0.5, 0.6) is 0 Å². The van der Waals surface area contributed by atoms with Gasteiger partial charge < -0.3 is 0 Å². The number of amidine groups is 1. The van der Waals surface area contributed by atoms with Gasteiger partial charge in [0.25, 0.3) is 0 Å². The lowest BCUT2D eigenvalue weighted by Crippen LogP contribution is -2.34. The van der Waals surface area contributed by atoms with Gasteiger partial charge in [-0.05, 0) is 30.2 Å². The summed E-state index contributed by atoms with van der Waals surface area (Å²) in [5.41, 5.74) is 3.26. The summed E-state index contributed by atoms with van der Waals surface area (Å²) in [6.07, 6.45) is 0.268. The van der Waals surface area contributed by atoms with Crippen molar-refractivity contribution >= 4 is 22.8 Å². The summed E-state index contributed by atoms with van der Waals surface area (Å²) >= 11 is 1.59. The summed E-state index contributed by atoms with van der Waals surface area (Å²) in [6, 6.07) is 14.4. The lowest BCUT2D eigenvalue weighted by molar-refractivity contribution is -0.126. The maximum atomic E-state index is 13.0. The van der Waals surface area contributed by atoms with Crippen LogP contribution < -0.4 is 0 Å². The minimum Gasteiger partial charge on any atom is -0.289 e. The molecule has 1 heterocycles. The molecule has 0 atom stereocenters. The van der Waals surface area contributed by atoms with E-state index in [1.165, 1.54) is 23.3 Å². The van der Waals surface area contributed by atoms with E-state index < -0.39 is 0 Å². The molecule has 0 aliphatic carbocycles. The second-order valence-corrected chi connectivity index (χ2v) is 6.73. The predicted molar refractivity (Wildman–Crippen MR) is 96.6 cm³/mol. The van der Waals surface area contributed by atoms with Crippen molar-refractivity contribution in [2.24, 2.45) is 4.99 Å². The lowest BCUT2D eigenvalue weighted by atomic mass is 10.1. The zero-order valence-corrected chi connectivity index (χ0v) is 14.4. The van der Waals surface area contributed by atoms with Crippen LogP contribution in [0.2, 0.25) is 0 Å². The normalized spacial score (nSPS) is 13.9. The van der Waals surface area contributed by atoms with E-state index in [4.69, 9.17) is 0 Å². The fourth-order valence-electron chi connectivity index (χ4n) is 2.49. The Kier molecular flexibility index (Phi) is 5.30. The van der Waals surface area contributed by atoms with E-state index in [0.717, 1.165) is 16.5 Å². The van der Waals surface area contributed by atoms with Gasteiger partial charge in [-0.3, -0.25) is 14.7 Å². The fraction of sp³-hybridized carbons (Fsp3) is 0.263. The number of carbonyl (C=O) groups excluding carboxylic acids is 1. The van der Waals surface area contributed by atoms with Gasteiger partial charge in [0.15, 0.2) is 5.17 Å². The van der Waals surface area contributed by atoms with Crippen molar-refractivity contribution in [2.75, 3.05) is 13.1 Å². The van der Waals surface area contributed by atoms with Crippen LogP contribution in [0.1, 0.15) is 16.7 Å². The molecule has 0 spiro atoms. The number of nitrogens with zero attached hydrogens (tertiary/aromatic N) is 2. The number of benzene rings is 2. The molecule has 0 unspecified atom stereocenters. The highest BCUT2D eigenvalue weighted by molar-refractivity contribution is 8.13. The van der Waals surface area contributed by atoms with Gasteiger partial charge in [-0.25, -0.2) is 4.39 Å². The summed E-state index contributed by atoms with van der Waals surface area (Å²) in [5, 5.41) is 0.780. The minimum atomic E-state index is -0.289. The van der Waals surface area contributed by atoms with Gasteiger partial charge in [-0.2, -0.15) is 0 Å². The molecule has 3 rings (SSSR count). The standard InChI is InChI=1S/C19H19FN2OS/c1-14-2-4-16(5-3-14)13-24-19-21-10-11-22(19)18(23)12-15-6-8-17(20)9-7-15/h2-9H,10-13H2,1H3.